The van der Waals surface area contributed by atoms with E-state index in [0.29, 0.717) is 12.8 Å². The molecule has 7 nitrogen and oxygen atoms in total. The first kappa shape index (κ1) is 17.4. The van der Waals surface area contributed by atoms with E-state index in [9.17, 15) is 9.59 Å². The van der Waals surface area contributed by atoms with Gasteiger partial charge in [-0.1, -0.05) is 30.3 Å². The van der Waals surface area contributed by atoms with Gasteiger partial charge in [-0.3, -0.25) is 14.8 Å². The fourth-order valence-corrected chi connectivity index (χ4v) is 3.74. The van der Waals surface area contributed by atoms with Crippen molar-refractivity contribution in [3.8, 4) is 0 Å². The summed E-state index contributed by atoms with van der Waals surface area (Å²) >= 11 is 0. The van der Waals surface area contributed by atoms with Gasteiger partial charge in [-0.05, 0) is 43.2 Å². The van der Waals surface area contributed by atoms with Gasteiger partial charge in [0.05, 0.1) is 24.2 Å². The van der Waals surface area contributed by atoms with E-state index in [-0.39, 0.29) is 24.4 Å². The molecule has 0 bridgehead atoms. The molecule has 134 valence electrons. The molecule has 0 saturated heterocycles. The number of rotatable bonds is 5. The number of amides is 1. The van der Waals surface area contributed by atoms with Crippen molar-refractivity contribution >= 4 is 17.6 Å². The van der Waals surface area contributed by atoms with E-state index >= 15 is 0 Å². The lowest BCUT2D eigenvalue weighted by Gasteiger charge is -2.34. The molecule has 1 saturated carbocycles. The predicted octanol–water partition coefficient (Wildman–Crippen LogP) is 1.61. The molecule has 4 N–H and O–H groups in total. The minimum Gasteiger partial charge on any atom is -0.481 e. The topological polar surface area (TPSA) is 102 Å². The Morgan fingerprint density at radius 2 is 1.84 bits per heavy atom. The highest BCUT2D eigenvalue weighted by molar-refractivity contribution is 5.77. The molecule has 1 aliphatic heterocycles. The number of nitrogens with zero attached hydrogens (tertiary/aromatic N) is 1. The lowest BCUT2D eigenvalue weighted by molar-refractivity contribution is -0.143. The molecular formula is C18H23N3O4. The number of hydrogen-bond donors (Lipinski definition) is 4. The second-order valence-electron chi connectivity index (χ2n) is 6.66. The monoisotopic (exact) mass is 345 g/mol. The first-order valence-corrected chi connectivity index (χ1v) is 8.54. The van der Waals surface area contributed by atoms with E-state index < -0.39 is 11.9 Å². The highest BCUT2D eigenvalue weighted by Crippen LogP contribution is 2.36. The van der Waals surface area contributed by atoms with Gasteiger partial charge in [0, 0.05) is 0 Å². The summed E-state index contributed by atoms with van der Waals surface area (Å²) in [5.41, 5.74) is 6.88. The summed E-state index contributed by atoms with van der Waals surface area (Å²) < 4.78 is 0. The van der Waals surface area contributed by atoms with E-state index in [1.165, 1.54) is 0 Å². The zero-order valence-corrected chi connectivity index (χ0v) is 13.9. The van der Waals surface area contributed by atoms with Crippen LogP contribution in [0.4, 0.5) is 0 Å². The second kappa shape index (κ2) is 7.67. The molecule has 1 unspecified atom stereocenters. The molecule has 7 heteroatoms. The standard InChI is InChI=1S/C18H23N3O4/c22-17(20-25)11-21-16(13-6-8-14(9-7-13)18(23)24)10-15(19-21)12-4-2-1-3-5-12/h1-5,10,13-14,16,19,25H,6-9,11H2,(H,20,22)(H,23,24). The predicted molar refractivity (Wildman–Crippen MR) is 91.1 cm³/mol. The second-order valence-corrected chi connectivity index (χ2v) is 6.66. The Labute approximate surface area is 146 Å². The number of carboxylic acid groups (broad SMARTS) is 1. The molecule has 1 amide bonds. The Balaban J connectivity index is 1.76. The van der Waals surface area contributed by atoms with Crippen LogP contribution in [0.1, 0.15) is 31.2 Å². The molecule has 2 aliphatic rings. The van der Waals surface area contributed by atoms with Crippen LogP contribution >= 0.6 is 0 Å². The van der Waals surface area contributed by atoms with Gasteiger partial charge in [-0.15, -0.1) is 0 Å². The molecule has 1 aromatic rings. The molecule has 0 aromatic heterocycles. The van der Waals surface area contributed by atoms with Crippen molar-refractivity contribution in [2.24, 2.45) is 11.8 Å². The van der Waals surface area contributed by atoms with Gasteiger partial charge in [0.1, 0.15) is 0 Å². The van der Waals surface area contributed by atoms with Crippen LogP contribution in [-0.2, 0) is 9.59 Å². The Morgan fingerprint density at radius 1 is 1.16 bits per heavy atom. The Morgan fingerprint density at radius 3 is 2.44 bits per heavy atom. The van der Waals surface area contributed by atoms with E-state index in [1.807, 2.05) is 35.3 Å². The molecule has 1 atom stereocenters. The molecule has 0 spiro atoms. The van der Waals surface area contributed by atoms with Gasteiger partial charge in [0.25, 0.3) is 5.91 Å². The Bertz CT molecular complexity index is 654. The summed E-state index contributed by atoms with van der Waals surface area (Å²) in [5.74, 6) is -1.20. The van der Waals surface area contributed by atoms with Crippen molar-refractivity contribution in [3.05, 3.63) is 42.0 Å². The zero-order valence-electron chi connectivity index (χ0n) is 13.9. The number of aliphatic carboxylic acids is 1. The molecule has 1 aliphatic carbocycles. The van der Waals surface area contributed by atoms with Crippen molar-refractivity contribution in [2.45, 2.75) is 31.7 Å². The van der Waals surface area contributed by atoms with Gasteiger partial charge in [-0.2, -0.15) is 0 Å². The van der Waals surface area contributed by atoms with Crippen molar-refractivity contribution in [1.82, 2.24) is 15.9 Å². The first-order valence-electron chi connectivity index (χ1n) is 8.54. The fourth-order valence-electron chi connectivity index (χ4n) is 3.74. The van der Waals surface area contributed by atoms with Crippen LogP contribution in [0.3, 0.4) is 0 Å². The molecular weight excluding hydrogens is 322 g/mol. The lowest BCUT2D eigenvalue weighted by Crippen LogP contribution is -2.48. The highest BCUT2D eigenvalue weighted by atomic mass is 16.5. The van der Waals surface area contributed by atoms with Gasteiger partial charge in [0.2, 0.25) is 0 Å². The van der Waals surface area contributed by atoms with E-state index in [2.05, 4.69) is 11.5 Å². The molecule has 1 fully saturated rings. The van der Waals surface area contributed by atoms with Crippen LogP contribution in [0.25, 0.3) is 5.70 Å². The summed E-state index contributed by atoms with van der Waals surface area (Å²) in [7, 11) is 0. The summed E-state index contributed by atoms with van der Waals surface area (Å²) in [6, 6.07) is 9.82. The molecule has 1 heterocycles. The summed E-state index contributed by atoms with van der Waals surface area (Å²) in [6.07, 6.45) is 5.03. The smallest absolute Gasteiger partial charge is 0.306 e. The van der Waals surface area contributed by atoms with Crippen molar-refractivity contribution in [2.75, 3.05) is 6.54 Å². The number of hydrazine groups is 1. The third-order valence-electron chi connectivity index (χ3n) is 5.09. The van der Waals surface area contributed by atoms with E-state index in [0.717, 1.165) is 24.1 Å². The molecule has 0 radical (unpaired) electrons. The maximum atomic E-state index is 11.6. The number of carbonyl (C=O) groups excluding carboxylic acids is 1. The van der Waals surface area contributed by atoms with Gasteiger partial charge in [0.15, 0.2) is 0 Å². The third-order valence-corrected chi connectivity index (χ3v) is 5.09. The van der Waals surface area contributed by atoms with Crippen molar-refractivity contribution < 1.29 is 19.9 Å². The number of carbonyl (C=O) groups is 2. The number of carboxylic acids is 1. The number of hydroxylamine groups is 1. The average molecular weight is 345 g/mol. The maximum absolute atomic E-state index is 11.6. The summed E-state index contributed by atoms with van der Waals surface area (Å²) in [4.78, 5) is 22.8. The van der Waals surface area contributed by atoms with Crippen LogP contribution in [-0.4, -0.2) is 39.8 Å². The Kier molecular flexibility index (Phi) is 5.35. The number of nitrogens with one attached hydrogen (secondary N) is 2. The molecule has 1 aromatic carbocycles. The van der Waals surface area contributed by atoms with Gasteiger partial charge in [-0.25, -0.2) is 10.5 Å². The van der Waals surface area contributed by atoms with Gasteiger partial charge < -0.3 is 10.5 Å². The SMILES string of the molecule is O=C(CN1NC(c2ccccc2)=CC1C1CCC(C(=O)O)CC1)NO. The van der Waals surface area contributed by atoms with Crippen LogP contribution in [0.15, 0.2) is 36.4 Å². The van der Waals surface area contributed by atoms with Crippen LogP contribution in [0.5, 0.6) is 0 Å². The largest absolute Gasteiger partial charge is 0.481 e. The normalized spacial score (nSPS) is 26.6. The average Bonchev–Trinajstić information content (AvgIpc) is 3.06. The maximum Gasteiger partial charge on any atom is 0.306 e. The quantitative estimate of drug-likeness (QED) is 0.478. The number of benzene rings is 1. The van der Waals surface area contributed by atoms with E-state index in [4.69, 9.17) is 10.3 Å². The van der Waals surface area contributed by atoms with Crippen molar-refractivity contribution in [3.63, 3.8) is 0 Å². The minimum atomic E-state index is -0.722. The third kappa shape index (κ3) is 4.00. The molecule has 25 heavy (non-hydrogen) atoms. The molecule has 3 rings (SSSR count). The lowest BCUT2D eigenvalue weighted by atomic mass is 9.78. The van der Waals surface area contributed by atoms with Crippen LogP contribution in [0, 0.1) is 11.8 Å². The minimum absolute atomic E-state index is 0.0118. The van der Waals surface area contributed by atoms with Crippen LogP contribution in [0.2, 0.25) is 0 Å². The van der Waals surface area contributed by atoms with Crippen molar-refractivity contribution in [1.29, 1.82) is 0 Å². The summed E-state index contributed by atoms with van der Waals surface area (Å²) in [5, 5.41) is 19.8. The van der Waals surface area contributed by atoms with Gasteiger partial charge >= 0.3 is 5.97 Å². The fraction of sp³-hybridized carbons (Fsp3) is 0.444. The highest BCUT2D eigenvalue weighted by Gasteiger charge is 2.36. The zero-order chi connectivity index (χ0) is 17.8. The summed E-state index contributed by atoms with van der Waals surface area (Å²) in [6.45, 7) is 0.0207. The number of hydrogen-bond acceptors (Lipinski definition) is 5. The Hall–Kier alpha value is -2.38. The first-order chi connectivity index (χ1) is 12.1. The van der Waals surface area contributed by atoms with Crippen LogP contribution < -0.4 is 10.9 Å². The van der Waals surface area contributed by atoms with E-state index in [1.54, 1.807) is 5.48 Å².